The van der Waals surface area contributed by atoms with E-state index in [1.165, 1.54) is 5.56 Å². The van der Waals surface area contributed by atoms with Crippen molar-refractivity contribution in [1.82, 2.24) is 4.98 Å². The molecule has 1 aromatic heterocycles. The average Bonchev–Trinajstić information content (AvgIpc) is 2.43. The summed E-state index contributed by atoms with van der Waals surface area (Å²) in [5.74, 6) is 1.93. The monoisotopic (exact) mass is 320 g/mol. The van der Waals surface area contributed by atoms with E-state index in [1.54, 1.807) is 12.4 Å². The van der Waals surface area contributed by atoms with E-state index in [-0.39, 0.29) is 0 Å². The van der Waals surface area contributed by atoms with Gasteiger partial charge < -0.3 is 10.5 Å². The van der Waals surface area contributed by atoms with Crippen LogP contribution in [0.4, 0.5) is 5.69 Å². The Labute approximate surface area is 121 Å². The number of rotatable bonds is 4. The number of hydrogen-bond donors (Lipinski definition) is 1. The Hall–Kier alpha value is -1.55. The van der Waals surface area contributed by atoms with Gasteiger partial charge in [-0.1, -0.05) is 26.0 Å². The van der Waals surface area contributed by atoms with E-state index in [1.807, 2.05) is 12.1 Å². The van der Waals surface area contributed by atoms with Gasteiger partial charge in [0.05, 0.1) is 16.4 Å². The summed E-state index contributed by atoms with van der Waals surface area (Å²) in [6.07, 6.45) is 4.37. The van der Waals surface area contributed by atoms with E-state index in [0.717, 1.165) is 16.6 Å². The lowest BCUT2D eigenvalue weighted by Gasteiger charge is -2.12. The van der Waals surface area contributed by atoms with E-state index >= 15 is 0 Å². The summed E-state index contributed by atoms with van der Waals surface area (Å²) < 4.78 is 6.55. The van der Waals surface area contributed by atoms with Crippen molar-refractivity contribution in [3.63, 3.8) is 0 Å². The number of ether oxygens (including phenoxy) is 1. The smallest absolute Gasteiger partial charge is 0.167 e. The second-order valence-electron chi connectivity index (χ2n) is 4.52. The van der Waals surface area contributed by atoms with Crippen LogP contribution in [0.5, 0.6) is 11.5 Å². The Balaban J connectivity index is 2.20. The number of benzene rings is 1. The fourth-order valence-electron chi connectivity index (χ4n) is 1.76. The zero-order valence-corrected chi connectivity index (χ0v) is 12.6. The van der Waals surface area contributed by atoms with Crippen LogP contribution in [0.3, 0.4) is 0 Å². The molecule has 100 valence electrons. The van der Waals surface area contributed by atoms with E-state index in [4.69, 9.17) is 10.5 Å². The van der Waals surface area contributed by atoms with Crippen molar-refractivity contribution in [2.24, 2.45) is 0 Å². The van der Waals surface area contributed by atoms with E-state index in [0.29, 0.717) is 17.4 Å². The van der Waals surface area contributed by atoms with Crippen LogP contribution in [0.2, 0.25) is 0 Å². The maximum absolute atomic E-state index is 5.85. The third kappa shape index (κ3) is 3.26. The number of nitrogens with two attached hydrogens (primary N) is 1. The molecule has 2 aromatic rings. The lowest BCUT2D eigenvalue weighted by Crippen LogP contribution is -1.95. The van der Waals surface area contributed by atoms with Gasteiger partial charge in [-0.3, -0.25) is 4.98 Å². The van der Waals surface area contributed by atoms with Crippen molar-refractivity contribution >= 4 is 21.6 Å². The molecule has 0 aliphatic rings. The Morgan fingerprint density at radius 2 is 1.95 bits per heavy atom. The minimum atomic E-state index is 0.514. The Morgan fingerprint density at radius 1 is 1.26 bits per heavy atom. The van der Waals surface area contributed by atoms with Crippen LogP contribution < -0.4 is 10.5 Å². The molecule has 2 rings (SSSR count). The number of pyridine rings is 1. The van der Waals surface area contributed by atoms with Gasteiger partial charge in [0, 0.05) is 6.20 Å². The van der Waals surface area contributed by atoms with Crippen LogP contribution in [0.15, 0.2) is 41.1 Å². The largest absolute Gasteiger partial charge is 0.454 e. The van der Waals surface area contributed by atoms with Gasteiger partial charge in [-0.05, 0) is 46.0 Å². The Bertz CT molecular complexity index is 534. The number of aromatic nitrogens is 1. The minimum absolute atomic E-state index is 0.514. The molecule has 0 fully saturated rings. The zero-order valence-electron chi connectivity index (χ0n) is 11.1. The van der Waals surface area contributed by atoms with Gasteiger partial charge in [0.2, 0.25) is 0 Å². The molecule has 1 unspecified atom stereocenters. The third-order valence-corrected chi connectivity index (χ3v) is 3.73. The molecule has 1 heterocycles. The molecule has 0 saturated heterocycles. The third-order valence-electron chi connectivity index (χ3n) is 3.16. The predicted molar refractivity (Wildman–Crippen MR) is 81.6 cm³/mol. The summed E-state index contributed by atoms with van der Waals surface area (Å²) in [6, 6.07) is 8.12. The predicted octanol–water partition coefficient (Wildman–Crippen LogP) is 4.73. The van der Waals surface area contributed by atoms with Crippen LogP contribution >= 0.6 is 15.9 Å². The number of halogens is 1. The van der Waals surface area contributed by atoms with Crippen LogP contribution in [0.1, 0.15) is 31.7 Å². The van der Waals surface area contributed by atoms with Crippen LogP contribution in [0, 0.1) is 0 Å². The molecule has 0 spiro atoms. The molecule has 2 N–H and O–H groups in total. The molecule has 0 radical (unpaired) electrons. The molecular weight excluding hydrogens is 304 g/mol. The van der Waals surface area contributed by atoms with Gasteiger partial charge in [0.25, 0.3) is 0 Å². The molecule has 1 atom stereocenters. The molecule has 0 saturated carbocycles. The number of nitrogen functional groups attached to an aromatic ring is 1. The summed E-state index contributed by atoms with van der Waals surface area (Å²) in [5, 5.41) is 0. The van der Waals surface area contributed by atoms with Crippen molar-refractivity contribution < 1.29 is 4.74 Å². The average molecular weight is 321 g/mol. The number of nitrogens with zero attached hydrogens (tertiary/aromatic N) is 1. The Kier molecular flexibility index (Phi) is 4.43. The van der Waals surface area contributed by atoms with Gasteiger partial charge >= 0.3 is 0 Å². The van der Waals surface area contributed by atoms with Gasteiger partial charge in [0.1, 0.15) is 5.75 Å². The van der Waals surface area contributed by atoms with E-state index in [2.05, 4.69) is 46.9 Å². The standard InChI is InChI=1S/C15H17BrN2O/c1-3-10(2)11-4-6-12(7-5-11)19-15-13(16)8-18-9-14(15)17/h4-10H,3,17H2,1-2H3. The van der Waals surface area contributed by atoms with E-state index < -0.39 is 0 Å². The molecule has 0 aliphatic heterocycles. The maximum atomic E-state index is 5.85. The first-order valence-corrected chi connectivity index (χ1v) is 7.08. The van der Waals surface area contributed by atoms with Gasteiger partial charge in [-0.2, -0.15) is 0 Å². The summed E-state index contributed by atoms with van der Waals surface area (Å²) in [4.78, 5) is 3.98. The summed E-state index contributed by atoms with van der Waals surface area (Å²) in [7, 11) is 0. The molecular formula is C15H17BrN2O. The molecule has 0 amide bonds. The van der Waals surface area contributed by atoms with Gasteiger partial charge in [-0.25, -0.2) is 0 Å². The number of anilines is 1. The van der Waals surface area contributed by atoms with Gasteiger partial charge in [0.15, 0.2) is 5.75 Å². The SMILES string of the molecule is CCC(C)c1ccc(Oc2c(N)cncc2Br)cc1. The van der Waals surface area contributed by atoms with Crippen LogP contribution in [0.25, 0.3) is 0 Å². The molecule has 3 nitrogen and oxygen atoms in total. The normalized spacial score (nSPS) is 12.2. The summed E-state index contributed by atoms with van der Waals surface area (Å²) in [6.45, 7) is 4.40. The molecule has 1 aromatic carbocycles. The maximum Gasteiger partial charge on any atom is 0.167 e. The summed E-state index contributed by atoms with van der Waals surface area (Å²) in [5.41, 5.74) is 7.68. The lowest BCUT2D eigenvalue weighted by molar-refractivity contribution is 0.481. The van der Waals surface area contributed by atoms with Crippen molar-refractivity contribution in [2.75, 3.05) is 5.73 Å². The topological polar surface area (TPSA) is 48.1 Å². The fraction of sp³-hybridized carbons (Fsp3) is 0.267. The quantitative estimate of drug-likeness (QED) is 0.885. The second-order valence-corrected chi connectivity index (χ2v) is 5.37. The first-order valence-electron chi connectivity index (χ1n) is 6.28. The van der Waals surface area contributed by atoms with Crippen molar-refractivity contribution in [2.45, 2.75) is 26.2 Å². The van der Waals surface area contributed by atoms with Gasteiger partial charge in [-0.15, -0.1) is 0 Å². The highest BCUT2D eigenvalue weighted by molar-refractivity contribution is 9.10. The second kappa shape index (κ2) is 6.06. The van der Waals surface area contributed by atoms with Crippen LogP contribution in [-0.2, 0) is 0 Å². The fourth-order valence-corrected chi connectivity index (χ4v) is 2.19. The zero-order chi connectivity index (χ0) is 13.8. The minimum Gasteiger partial charge on any atom is -0.454 e. The molecule has 19 heavy (non-hydrogen) atoms. The molecule has 0 aliphatic carbocycles. The highest BCUT2D eigenvalue weighted by Gasteiger charge is 2.08. The highest BCUT2D eigenvalue weighted by atomic mass is 79.9. The molecule has 0 bridgehead atoms. The first-order chi connectivity index (χ1) is 9.11. The summed E-state index contributed by atoms with van der Waals surface area (Å²) >= 11 is 3.39. The van der Waals surface area contributed by atoms with Crippen LogP contribution in [-0.4, -0.2) is 4.98 Å². The molecule has 4 heteroatoms. The first kappa shape index (κ1) is 13.9. The van der Waals surface area contributed by atoms with E-state index in [9.17, 15) is 0 Å². The van der Waals surface area contributed by atoms with Crippen molar-refractivity contribution in [3.8, 4) is 11.5 Å². The lowest BCUT2D eigenvalue weighted by atomic mass is 9.99. The number of hydrogen-bond acceptors (Lipinski definition) is 3. The van der Waals surface area contributed by atoms with Crippen molar-refractivity contribution in [1.29, 1.82) is 0 Å². The highest BCUT2D eigenvalue weighted by Crippen LogP contribution is 2.34. The van der Waals surface area contributed by atoms with Crippen molar-refractivity contribution in [3.05, 3.63) is 46.7 Å². The Morgan fingerprint density at radius 3 is 2.53 bits per heavy atom.